The SMILES string of the molecule is CCN(Cc1nc(NC)c2cnn(C)c2n1)C1CC1. The Morgan fingerprint density at radius 3 is 2.84 bits per heavy atom. The highest BCUT2D eigenvalue weighted by atomic mass is 15.3. The maximum atomic E-state index is 4.65. The van der Waals surface area contributed by atoms with Crippen LogP contribution in [-0.4, -0.2) is 44.3 Å². The maximum absolute atomic E-state index is 4.65. The summed E-state index contributed by atoms with van der Waals surface area (Å²) < 4.78 is 1.80. The summed E-state index contributed by atoms with van der Waals surface area (Å²) in [6.07, 6.45) is 4.42. The van der Waals surface area contributed by atoms with Crippen molar-refractivity contribution in [3.63, 3.8) is 0 Å². The van der Waals surface area contributed by atoms with Gasteiger partial charge in [0.2, 0.25) is 0 Å². The van der Waals surface area contributed by atoms with E-state index in [-0.39, 0.29) is 0 Å². The molecule has 1 aliphatic carbocycles. The Labute approximate surface area is 112 Å². The topological polar surface area (TPSA) is 58.9 Å². The first-order valence-corrected chi connectivity index (χ1v) is 6.83. The number of hydrogen-bond donors (Lipinski definition) is 1. The van der Waals surface area contributed by atoms with E-state index < -0.39 is 0 Å². The smallest absolute Gasteiger partial charge is 0.163 e. The number of aromatic nitrogens is 4. The van der Waals surface area contributed by atoms with E-state index in [0.717, 1.165) is 41.8 Å². The normalized spacial score (nSPS) is 15.4. The lowest BCUT2D eigenvalue weighted by atomic mass is 10.3. The second-order valence-corrected chi connectivity index (χ2v) is 5.04. The molecular weight excluding hydrogens is 240 g/mol. The third kappa shape index (κ3) is 2.28. The van der Waals surface area contributed by atoms with Crippen molar-refractivity contribution in [1.82, 2.24) is 24.6 Å². The monoisotopic (exact) mass is 260 g/mol. The first kappa shape index (κ1) is 12.3. The third-order valence-electron chi connectivity index (χ3n) is 3.69. The van der Waals surface area contributed by atoms with E-state index in [9.17, 15) is 0 Å². The molecule has 0 aromatic carbocycles. The molecule has 0 radical (unpaired) electrons. The molecule has 1 saturated carbocycles. The quantitative estimate of drug-likeness (QED) is 0.880. The van der Waals surface area contributed by atoms with Gasteiger partial charge in [0.1, 0.15) is 11.6 Å². The number of rotatable bonds is 5. The van der Waals surface area contributed by atoms with Gasteiger partial charge in [-0.3, -0.25) is 9.58 Å². The second-order valence-electron chi connectivity index (χ2n) is 5.04. The van der Waals surface area contributed by atoms with Gasteiger partial charge in [-0.1, -0.05) is 6.92 Å². The molecule has 0 saturated heterocycles. The Bertz CT molecular complexity index is 586. The van der Waals surface area contributed by atoms with Gasteiger partial charge in [-0.25, -0.2) is 9.97 Å². The van der Waals surface area contributed by atoms with Crippen LogP contribution < -0.4 is 5.32 Å². The zero-order chi connectivity index (χ0) is 13.4. The fourth-order valence-electron chi connectivity index (χ4n) is 2.45. The fourth-order valence-corrected chi connectivity index (χ4v) is 2.45. The van der Waals surface area contributed by atoms with Crippen LogP contribution in [0.5, 0.6) is 0 Å². The van der Waals surface area contributed by atoms with Crippen LogP contribution in [0.25, 0.3) is 11.0 Å². The molecule has 6 nitrogen and oxygen atoms in total. The molecule has 1 N–H and O–H groups in total. The number of nitrogens with one attached hydrogen (secondary N) is 1. The van der Waals surface area contributed by atoms with Crippen molar-refractivity contribution < 1.29 is 0 Å². The van der Waals surface area contributed by atoms with Crippen LogP contribution >= 0.6 is 0 Å². The molecule has 19 heavy (non-hydrogen) atoms. The lowest BCUT2D eigenvalue weighted by Crippen LogP contribution is -2.26. The molecule has 0 spiro atoms. The van der Waals surface area contributed by atoms with Crippen molar-refractivity contribution in [2.24, 2.45) is 7.05 Å². The van der Waals surface area contributed by atoms with Gasteiger partial charge in [-0.2, -0.15) is 5.10 Å². The van der Waals surface area contributed by atoms with Gasteiger partial charge in [0.25, 0.3) is 0 Å². The van der Waals surface area contributed by atoms with E-state index in [1.165, 1.54) is 12.8 Å². The Balaban J connectivity index is 1.96. The molecule has 0 unspecified atom stereocenters. The predicted molar refractivity (Wildman–Crippen MR) is 75.0 cm³/mol. The number of nitrogens with zero attached hydrogens (tertiary/aromatic N) is 5. The average Bonchev–Trinajstić information content (AvgIpc) is 3.20. The molecule has 2 heterocycles. The van der Waals surface area contributed by atoms with Crippen molar-refractivity contribution in [3.05, 3.63) is 12.0 Å². The van der Waals surface area contributed by atoms with Crippen molar-refractivity contribution in [1.29, 1.82) is 0 Å². The van der Waals surface area contributed by atoms with Gasteiger partial charge in [0.15, 0.2) is 5.65 Å². The summed E-state index contributed by atoms with van der Waals surface area (Å²) >= 11 is 0. The molecule has 0 bridgehead atoms. The van der Waals surface area contributed by atoms with Crippen LogP contribution in [-0.2, 0) is 13.6 Å². The third-order valence-corrected chi connectivity index (χ3v) is 3.69. The van der Waals surface area contributed by atoms with Gasteiger partial charge in [-0.05, 0) is 19.4 Å². The van der Waals surface area contributed by atoms with Crippen LogP contribution in [0.2, 0.25) is 0 Å². The Morgan fingerprint density at radius 2 is 2.21 bits per heavy atom. The highest BCUT2D eigenvalue weighted by molar-refractivity contribution is 5.86. The van der Waals surface area contributed by atoms with E-state index in [1.807, 2.05) is 20.3 Å². The second kappa shape index (κ2) is 4.77. The zero-order valence-electron chi connectivity index (χ0n) is 11.7. The predicted octanol–water partition coefficient (Wildman–Crippen LogP) is 1.39. The molecule has 3 rings (SSSR count). The number of fused-ring (bicyclic) bond motifs is 1. The Kier molecular flexibility index (Phi) is 3.10. The summed E-state index contributed by atoms with van der Waals surface area (Å²) in [5.41, 5.74) is 0.890. The van der Waals surface area contributed by atoms with E-state index >= 15 is 0 Å². The highest BCUT2D eigenvalue weighted by Crippen LogP contribution is 2.28. The summed E-state index contributed by atoms with van der Waals surface area (Å²) in [5.74, 6) is 1.73. The van der Waals surface area contributed by atoms with E-state index in [1.54, 1.807) is 4.68 Å². The molecule has 2 aromatic rings. The minimum Gasteiger partial charge on any atom is -0.372 e. The van der Waals surface area contributed by atoms with Gasteiger partial charge in [0.05, 0.1) is 18.1 Å². The van der Waals surface area contributed by atoms with Crippen LogP contribution in [0.1, 0.15) is 25.6 Å². The molecule has 1 fully saturated rings. The summed E-state index contributed by atoms with van der Waals surface area (Å²) in [4.78, 5) is 11.7. The average molecular weight is 260 g/mol. The van der Waals surface area contributed by atoms with Crippen LogP contribution in [0.15, 0.2) is 6.20 Å². The van der Waals surface area contributed by atoms with Crippen LogP contribution in [0.4, 0.5) is 5.82 Å². The van der Waals surface area contributed by atoms with E-state index in [2.05, 4.69) is 32.2 Å². The molecule has 1 aliphatic rings. The van der Waals surface area contributed by atoms with Gasteiger partial charge >= 0.3 is 0 Å². The van der Waals surface area contributed by atoms with Gasteiger partial charge in [0, 0.05) is 20.1 Å². The molecule has 0 atom stereocenters. The number of aryl methyl sites for hydroxylation is 1. The van der Waals surface area contributed by atoms with Crippen molar-refractivity contribution in [3.8, 4) is 0 Å². The molecule has 102 valence electrons. The van der Waals surface area contributed by atoms with Crippen molar-refractivity contribution >= 4 is 16.9 Å². The molecule has 0 aliphatic heterocycles. The summed E-state index contributed by atoms with van der Waals surface area (Å²) in [6, 6.07) is 0.730. The van der Waals surface area contributed by atoms with Crippen molar-refractivity contribution in [2.45, 2.75) is 32.4 Å². The van der Waals surface area contributed by atoms with Crippen LogP contribution in [0.3, 0.4) is 0 Å². The fraction of sp³-hybridized carbons (Fsp3) is 0.615. The minimum atomic E-state index is 0.730. The maximum Gasteiger partial charge on any atom is 0.163 e. The van der Waals surface area contributed by atoms with E-state index in [0.29, 0.717) is 0 Å². The first-order valence-electron chi connectivity index (χ1n) is 6.83. The Hall–Kier alpha value is -1.69. The standard InChI is InChI=1S/C13H20N6/c1-4-19(9-5-6-9)8-11-16-12(14-2)10-7-15-18(3)13(10)17-11/h7,9H,4-6,8H2,1-3H3,(H,14,16,17). The molecular formula is C13H20N6. The number of hydrogen-bond acceptors (Lipinski definition) is 5. The lowest BCUT2D eigenvalue weighted by Gasteiger charge is -2.19. The van der Waals surface area contributed by atoms with Gasteiger partial charge < -0.3 is 5.32 Å². The molecule has 6 heteroatoms. The van der Waals surface area contributed by atoms with Crippen LogP contribution in [0, 0.1) is 0 Å². The number of anilines is 1. The molecule has 2 aromatic heterocycles. The van der Waals surface area contributed by atoms with Gasteiger partial charge in [-0.15, -0.1) is 0 Å². The molecule has 0 amide bonds. The summed E-state index contributed by atoms with van der Waals surface area (Å²) in [5, 5.41) is 8.36. The summed E-state index contributed by atoms with van der Waals surface area (Å²) in [6.45, 7) is 4.06. The Morgan fingerprint density at radius 1 is 1.42 bits per heavy atom. The highest BCUT2D eigenvalue weighted by Gasteiger charge is 2.28. The minimum absolute atomic E-state index is 0.730. The largest absolute Gasteiger partial charge is 0.372 e. The summed E-state index contributed by atoms with van der Waals surface area (Å²) in [7, 11) is 3.80. The zero-order valence-corrected chi connectivity index (χ0v) is 11.7. The lowest BCUT2D eigenvalue weighted by molar-refractivity contribution is 0.263. The van der Waals surface area contributed by atoms with E-state index in [4.69, 9.17) is 0 Å². The van der Waals surface area contributed by atoms with Crippen molar-refractivity contribution in [2.75, 3.05) is 18.9 Å². The first-order chi connectivity index (χ1) is 9.22.